The summed E-state index contributed by atoms with van der Waals surface area (Å²) in [6.45, 7) is 4.96. The second-order valence-electron chi connectivity index (χ2n) is 6.69. The van der Waals surface area contributed by atoms with Crippen LogP contribution in [0.5, 0.6) is 0 Å². The van der Waals surface area contributed by atoms with Crippen LogP contribution in [0, 0.1) is 0 Å². The third-order valence-corrected chi connectivity index (χ3v) is 7.84. The number of rotatable bonds is 8. The predicted molar refractivity (Wildman–Crippen MR) is 96.9 cm³/mol. The third kappa shape index (κ3) is 6.51. The first-order valence-corrected chi connectivity index (χ1v) is 12.6. The molecule has 2 aliphatic rings. The number of carbonyl (C=O) groups excluding carboxylic acids is 1. The van der Waals surface area contributed by atoms with Gasteiger partial charge in [0.1, 0.15) is 17.5 Å². The molecule has 15 nitrogen and oxygen atoms in total. The molecule has 0 aromatic rings. The fourth-order valence-electron chi connectivity index (χ4n) is 2.61. The van der Waals surface area contributed by atoms with Crippen molar-refractivity contribution in [1.82, 2.24) is 10.2 Å². The average Bonchev–Trinajstić information content (AvgIpc) is 2.78. The fourth-order valence-corrected chi connectivity index (χ4v) is 5.73. The molecule has 0 saturated carbocycles. The van der Waals surface area contributed by atoms with Crippen LogP contribution in [0.1, 0.15) is 13.8 Å². The number of aliphatic hydroxyl groups is 1. The zero-order chi connectivity index (χ0) is 24.0. The van der Waals surface area contributed by atoms with Crippen molar-refractivity contribution in [3.63, 3.8) is 0 Å². The third-order valence-electron chi connectivity index (χ3n) is 4.05. The number of alkyl halides is 1. The first kappa shape index (κ1) is 26.3. The number of carbonyl (C=O) groups is 1. The smallest absolute Gasteiger partial charge is 0.387 e. The first-order chi connectivity index (χ1) is 13.9. The summed E-state index contributed by atoms with van der Waals surface area (Å²) >= 11 is 0. The molecular weight excluding hydrogens is 492 g/mol. The summed E-state index contributed by atoms with van der Waals surface area (Å²) in [5.41, 5.74) is -1.85. The van der Waals surface area contributed by atoms with Crippen LogP contribution < -0.4 is 5.32 Å². The van der Waals surface area contributed by atoms with E-state index in [2.05, 4.69) is 25.0 Å². The van der Waals surface area contributed by atoms with Crippen molar-refractivity contribution in [2.75, 3.05) is 6.61 Å². The van der Waals surface area contributed by atoms with Crippen molar-refractivity contribution >= 4 is 29.4 Å². The molecule has 2 rings (SSSR count). The molecule has 6 atom stereocenters. The lowest BCUT2D eigenvalue weighted by atomic mass is 9.99. The lowest BCUT2D eigenvalue weighted by Crippen LogP contribution is -2.46. The zero-order valence-electron chi connectivity index (χ0n) is 15.9. The lowest BCUT2D eigenvalue weighted by molar-refractivity contribution is -0.128. The molecule has 6 N–H and O–H groups in total. The van der Waals surface area contributed by atoms with Gasteiger partial charge in [0, 0.05) is 11.8 Å². The molecule has 178 valence electrons. The minimum absolute atomic E-state index is 0.0763. The fraction of sp³-hybridized carbons (Fsp3) is 0.583. The van der Waals surface area contributed by atoms with E-state index in [-0.39, 0.29) is 11.4 Å². The van der Waals surface area contributed by atoms with Gasteiger partial charge in [-0.1, -0.05) is 6.58 Å². The van der Waals surface area contributed by atoms with Crippen LogP contribution in [0.25, 0.3) is 0 Å². The number of ether oxygens (including phenoxy) is 1. The molecule has 0 aromatic carbocycles. The Morgan fingerprint density at radius 1 is 1.26 bits per heavy atom. The summed E-state index contributed by atoms with van der Waals surface area (Å²) < 4.78 is 65.5. The van der Waals surface area contributed by atoms with Crippen LogP contribution in [-0.2, 0) is 36.4 Å². The van der Waals surface area contributed by atoms with Gasteiger partial charge in [-0.3, -0.25) is 9.32 Å². The van der Waals surface area contributed by atoms with Crippen molar-refractivity contribution in [1.29, 1.82) is 0 Å². The highest BCUT2D eigenvalue weighted by Crippen LogP contribution is 2.66. The summed E-state index contributed by atoms with van der Waals surface area (Å²) in [7, 11) is -16.8. The Bertz CT molecular complexity index is 937. The van der Waals surface area contributed by atoms with Crippen molar-refractivity contribution in [3.05, 3.63) is 24.2 Å². The number of halogens is 1. The van der Waals surface area contributed by atoms with Gasteiger partial charge >= 0.3 is 23.5 Å². The van der Waals surface area contributed by atoms with Gasteiger partial charge in [-0.2, -0.15) is 8.62 Å². The van der Waals surface area contributed by atoms with Crippen LogP contribution in [0.3, 0.4) is 0 Å². The molecule has 0 spiro atoms. The van der Waals surface area contributed by atoms with E-state index in [9.17, 15) is 32.9 Å². The maximum absolute atomic E-state index is 14.7. The number of amides is 1. The molecule has 1 fully saturated rings. The van der Waals surface area contributed by atoms with Gasteiger partial charge in [0.15, 0.2) is 12.4 Å². The summed E-state index contributed by atoms with van der Waals surface area (Å²) in [5, 5.41) is 12.6. The Morgan fingerprint density at radius 2 is 1.84 bits per heavy atom. The number of hydrogen-bond donors (Lipinski definition) is 6. The SMILES string of the molecule is C=C1NC(=O)C(C)=CN1[C@@H]1O[C@](C)(COP(=O)(O)OP(=O)(O)OP(=O)(O)O)[C@H](O)C1F. The number of aliphatic hydroxyl groups excluding tert-OH is 1. The Hall–Kier alpha value is -0.990. The van der Waals surface area contributed by atoms with Gasteiger partial charge in [0.25, 0.3) is 5.91 Å². The highest BCUT2D eigenvalue weighted by Gasteiger charge is 2.56. The van der Waals surface area contributed by atoms with E-state index in [1.165, 1.54) is 13.1 Å². The van der Waals surface area contributed by atoms with E-state index in [0.717, 1.165) is 11.8 Å². The van der Waals surface area contributed by atoms with E-state index in [0.29, 0.717) is 0 Å². The van der Waals surface area contributed by atoms with Crippen molar-refractivity contribution < 1.29 is 65.4 Å². The van der Waals surface area contributed by atoms with Gasteiger partial charge < -0.3 is 39.6 Å². The molecule has 3 unspecified atom stereocenters. The zero-order valence-corrected chi connectivity index (χ0v) is 18.6. The van der Waals surface area contributed by atoms with Crippen LogP contribution in [0.2, 0.25) is 0 Å². The molecule has 0 aliphatic carbocycles. The number of phosphoric ester groups is 1. The monoisotopic (exact) mass is 512 g/mol. The molecule has 2 heterocycles. The first-order valence-electron chi connectivity index (χ1n) is 8.11. The summed E-state index contributed by atoms with van der Waals surface area (Å²) in [5.74, 6) is -0.571. The second-order valence-corrected chi connectivity index (χ2v) is 11.1. The molecule has 1 amide bonds. The minimum atomic E-state index is -5.75. The summed E-state index contributed by atoms with van der Waals surface area (Å²) in [4.78, 5) is 48.3. The van der Waals surface area contributed by atoms with E-state index in [1.807, 2.05) is 0 Å². The average molecular weight is 512 g/mol. The van der Waals surface area contributed by atoms with E-state index < -0.39 is 60.1 Å². The Labute approximate surface area is 174 Å². The molecule has 0 aromatic heterocycles. The van der Waals surface area contributed by atoms with Crippen LogP contribution in [0.15, 0.2) is 24.2 Å². The molecule has 0 bridgehead atoms. The topological polar surface area (TPSA) is 222 Å². The second kappa shape index (κ2) is 8.75. The standard InChI is InChI=1S/C12H20FN2O13P3/c1-6-4-15(7(2)14-10(6)17)11-8(13)9(16)12(3,26-11)5-25-30(21,22)28-31(23,24)27-29(18,19)20/h4,8-9,11,16H,2,5H2,1,3H3,(H,14,17)(H,21,22)(H,23,24)(H2,18,19,20)/t8?,9-,11-,12-/m1/s1. The van der Waals surface area contributed by atoms with Gasteiger partial charge in [-0.25, -0.2) is 18.1 Å². The van der Waals surface area contributed by atoms with Crippen molar-refractivity contribution in [2.45, 2.75) is 38.0 Å². The Kier molecular flexibility index (Phi) is 7.41. The van der Waals surface area contributed by atoms with Gasteiger partial charge in [0.2, 0.25) is 0 Å². The highest BCUT2D eigenvalue weighted by molar-refractivity contribution is 7.66. The van der Waals surface area contributed by atoms with Gasteiger partial charge in [-0.05, 0) is 13.8 Å². The molecule has 1 saturated heterocycles. The van der Waals surface area contributed by atoms with Crippen LogP contribution >= 0.6 is 23.5 Å². The van der Waals surface area contributed by atoms with Crippen LogP contribution in [-0.4, -0.2) is 66.2 Å². The van der Waals surface area contributed by atoms with E-state index in [4.69, 9.17) is 19.4 Å². The van der Waals surface area contributed by atoms with Gasteiger partial charge in [0.05, 0.1) is 6.61 Å². The number of phosphoric acid groups is 3. The molecule has 31 heavy (non-hydrogen) atoms. The molecule has 0 radical (unpaired) electrons. The van der Waals surface area contributed by atoms with Crippen LogP contribution in [0.4, 0.5) is 4.39 Å². The molecular formula is C12H20FN2O13P3. The maximum atomic E-state index is 14.7. The maximum Gasteiger partial charge on any atom is 0.490 e. The number of nitrogens with zero attached hydrogens (tertiary/aromatic N) is 1. The van der Waals surface area contributed by atoms with E-state index in [1.54, 1.807) is 0 Å². The quantitative estimate of drug-likeness (QED) is 0.235. The predicted octanol–water partition coefficient (Wildman–Crippen LogP) is -0.0495. The summed E-state index contributed by atoms with van der Waals surface area (Å²) in [6, 6.07) is 0. The molecule has 2 aliphatic heterocycles. The minimum Gasteiger partial charge on any atom is -0.387 e. The van der Waals surface area contributed by atoms with Gasteiger partial charge in [-0.15, -0.1) is 0 Å². The summed E-state index contributed by atoms with van der Waals surface area (Å²) in [6.07, 6.45) is -4.43. The highest BCUT2D eigenvalue weighted by atomic mass is 31.3. The number of hydrogen-bond acceptors (Lipinski definition) is 10. The van der Waals surface area contributed by atoms with Crippen molar-refractivity contribution in [3.8, 4) is 0 Å². The Morgan fingerprint density at radius 3 is 2.39 bits per heavy atom. The Balaban J connectivity index is 2.12. The number of nitrogens with one attached hydrogen (secondary N) is 1. The molecule has 19 heteroatoms. The lowest BCUT2D eigenvalue weighted by Gasteiger charge is -2.34. The van der Waals surface area contributed by atoms with Crippen molar-refractivity contribution in [2.24, 2.45) is 0 Å². The van der Waals surface area contributed by atoms with E-state index >= 15 is 0 Å². The normalized spacial score (nSPS) is 33.5. The largest absolute Gasteiger partial charge is 0.490 e.